The van der Waals surface area contributed by atoms with Crippen molar-refractivity contribution in [2.75, 3.05) is 0 Å². The van der Waals surface area contributed by atoms with Crippen LogP contribution in [-0.2, 0) is 6.61 Å². The quantitative estimate of drug-likeness (QED) is 0.665. The number of hydrogen-bond donors (Lipinski definition) is 1. The van der Waals surface area contributed by atoms with E-state index in [0.717, 1.165) is 16.9 Å². The molecule has 0 aliphatic carbocycles. The average Bonchev–Trinajstić information content (AvgIpc) is 2.67. The third-order valence-electron chi connectivity index (χ3n) is 3.61. The molecule has 4 nitrogen and oxygen atoms in total. The van der Waals surface area contributed by atoms with E-state index < -0.39 is 5.97 Å². The molecule has 0 bridgehead atoms. The Balaban J connectivity index is 1.59. The monoisotopic (exact) mass is 331 g/mol. The summed E-state index contributed by atoms with van der Waals surface area (Å²) >= 11 is 0. The highest BCUT2D eigenvalue weighted by Crippen LogP contribution is 2.16. The van der Waals surface area contributed by atoms with Crippen LogP contribution in [0, 0.1) is 0 Å². The minimum Gasteiger partial charge on any atom is -0.489 e. The maximum absolute atomic E-state index is 10.8. The first-order valence-electron chi connectivity index (χ1n) is 7.85. The van der Waals surface area contributed by atoms with Crippen LogP contribution in [0.15, 0.2) is 83.9 Å². The minimum atomic E-state index is -0.943. The molecule has 25 heavy (non-hydrogen) atoms. The van der Waals surface area contributed by atoms with E-state index in [1.54, 1.807) is 18.3 Å². The molecule has 0 aliphatic heterocycles. The summed E-state index contributed by atoms with van der Waals surface area (Å²) < 4.78 is 5.75. The summed E-state index contributed by atoms with van der Waals surface area (Å²) in [5.74, 6) is -0.145. The lowest BCUT2D eigenvalue weighted by molar-refractivity contribution is 0.0697. The summed E-state index contributed by atoms with van der Waals surface area (Å²) in [5, 5.41) is 8.88. The number of hydrogen-bond acceptors (Lipinski definition) is 3. The molecule has 0 saturated heterocycles. The van der Waals surface area contributed by atoms with E-state index in [9.17, 15) is 4.79 Å². The van der Waals surface area contributed by atoms with E-state index in [4.69, 9.17) is 9.84 Å². The zero-order valence-corrected chi connectivity index (χ0v) is 13.5. The molecule has 0 amide bonds. The van der Waals surface area contributed by atoms with Crippen LogP contribution < -0.4 is 4.74 Å². The standard InChI is InChI=1S/C21H17NO3/c23-21(24)18-8-10-19(11-9-18)22-14-16-6-12-20(13-7-16)25-15-17-4-2-1-3-5-17/h1-14H,15H2,(H,23,24). The summed E-state index contributed by atoms with van der Waals surface area (Å²) in [6.07, 6.45) is 1.73. The number of aromatic carboxylic acids is 1. The van der Waals surface area contributed by atoms with E-state index in [1.807, 2.05) is 54.6 Å². The number of nitrogens with zero attached hydrogens (tertiary/aromatic N) is 1. The first-order valence-corrected chi connectivity index (χ1v) is 7.85. The number of carboxylic acids is 1. The van der Waals surface area contributed by atoms with Crippen LogP contribution in [-0.4, -0.2) is 17.3 Å². The molecule has 3 rings (SSSR count). The number of rotatable bonds is 6. The lowest BCUT2D eigenvalue weighted by atomic mass is 10.2. The van der Waals surface area contributed by atoms with Crippen molar-refractivity contribution in [1.29, 1.82) is 0 Å². The van der Waals surface area contributed by atoms with Gasteiger partial charge in [0.1, 0.15) is 12.4 Å². The van der Waals surface area contributed by atoms with Gasteiger partial charge in [-0.25, -0.2) is 4.79 Å². The average molecular weight is 331 g/mol. The first kappa shape index (κ1) is 16.5. The van der Waals surface area contributed by atoms with Gasteiger partial charge < -0.3 is 9.84 Å². The molecular weight excluding hydrogens is 314 g/mol. The molecule has 0 heterocycles. The number of carbonyl (C=O) groups is 1. The summed E-state index contributed by atoms with van der Waals surface area (Å²) in [6, 6.07) is 24.1. The van der Waals surface area contributed by atoms with Crippen molar-refractivity contribution < 1.29 is 14.6 Å². The molecule has 0 saturated carbocycles. The molecule has 0 aromatic heterocycles. The molecule has 4 heteroatoms. The molecule has 3 aromatic carbocycles. The predicted octanol–water partition coefficient (Wildman–Crippen LogP) is 4.71. The highest BCUT2D eigenvalue weighted by molar-refractivity contribution is 5.88. The number of ether oxygens (including phenoxy) is 1. The van der Waals surface area contributed by atoms with Gasteiger partial charge in [-0.1, -0.05) is 30.3 Å². The Morgan fingerprint density at radius 1 is 0.920 bits per heavy atom. The lowest BCUT2D eigenvalue weighted by Gasteiger charge is -2.06. The van der Waals surface area contributed by atoms with E-state index in [1.165, 1.54) is 12.1 Å². The summed E-state index contributed by atoms with van der Waals surface area (Å²) in [6.45, 7) is 0.532. The van der Waals surface area contributed by atoms with E-state index in [0.29, 0.717) is 12.3 Å². The van der Waals surface area contributed by atoms with Crippen molar-refractivity contribution in [3.63, 3.8) is 0 Å². The molecule has 0 aliphatic rings. The normalized spacial score (nSPS) is 10.7. The third kappa shape index (κ3) is 4.78. The van der Waals surface area contributed by atoms with Crippen LogP contribution >= 0.6 is 0 Å². The van der Waals surface area contributed by atoms with Gasteiger partial charge in [0.25, 0.3) is 0 Å². The van der Waals surface area contributed by atoms with Gasteiger partial charge in [-0.2, -0.15) is 0 Å². The topological polar surface area (TPSA) is 58.9 Å². The van der Waals surface area contributed by atoms with Gasteiger partial charge in [-0.05, 0) is 59.7 Å². The lowest BCUT2D eigenvalue weighted by Crippen LogP contribution is -1.95. The minimum absolute atomic E-state index is 0.249. The second-order valence-corrected chi connectivity index (χ2v) is 5.45. The van der Waals surface area contributed by atoms with E-state index in [2.05, 4.69) is 4.99 Å². The number of carboxylic acid groups (broad SMARTS) is 1. The molecule has 0 fully saturated rings. The molecule has 0 spiro atoms. The highest BCUT2D eigenvalue weighted by Gasteiger charge is 2.00. The van der Waals surface area contributed by atoms with Crippen LogP contribution in [0.25, 0.3) is 0 Å². The first-order chi connectivity index (χ1) is 12.2. The Bertz CT molecular complexity index is 854. The van der Waals surface area contributed by atoms with Gasteiger partial charge in [0.2, 0.25) is 0 Å². The van der Waals surface area contributed by atoms with Crippen LogP contribution in [0.2, 0.25) is 0 Å². The fraction of sp³-hybridized carbons (Fsp3) is 0.0476. The third-order valence-corrected chi connectivity index (χ3v) is 3.61. The van der Waals surface area contributed by atoms with Crippen molar-refractivity contribution >= 4 is 17.9 Å². The predicted molar refractivity (Wildman–Crippen MR) is 97.9 cm³/mol. The fourth-order valence-corrected chi connectivity index (χ4v) is 2.23. The summed E-state index contributed by atoms with van der Waals surface area (Å²) in [5.41, 5.74) is 3.01. The molecule has 3 aromatic rings. The van der Waals surface area contributed by atoms with Gasteiger partial charge in [-0.15, -0.1) is 0 Å². The van der Waals surface area contributed by atoms with E-state index in [-0.39, 0.29) is 5.56 Å². The van der Waals surface area contributed by atoms with Crippen LogP contribution in [0.3, 0.4) is 0 Å². The van der Waals surface area contributed by atoms with Crippen LogP contribution in [0.5, 0.6) is 5.75 Å². The zero-order valence-electron chi connectivity index (χ0n) is 13.5. The molecule has 0 atom stereocenters. The molecule has 0 radical (unpaired) electrons. The number of aliphatic imine (C=N–C) groups is 1. The van der Waals surface area contributed by atoms with E-state index >= 15 is 0 Å². The van der Waals surface area contributed by atoms with Crippen molar-refractivity contribution in [2.24, 2.45) is 4.99 Å². The maximum atomic E-state index is 10.8. The zero-order chi connectivity index (χ0) is 17.5. The van der Waals surface area contributed by atoms with Crippen molar-refractivity contribution in [2.45, 2.75) is 6.61 Å². The Morgan fingerprint density at radius 2 is 1.60 bits per heavy atom. The second-order valence-electron chi connectivity index (χ2n) is 5.45. The maximum Gasteiger partial charge on any atom is 0.335 e. The van der Waals surface area contributed by atoms with Gasteiger partial charge in [-0.3, -0.25) is 4.99 Å². The Labute approximate surface area is 146 Å². The van der Waals surface area contributed by atoms with Gasteiger partial charge >= 0.3 is 5.97 Å². The molecular formula is C21H17NO3. The summed E-state index contributed by atoms with van der Waals surface area (Å²) in [7, 11) is 0. The van der Waals surface area contributed by atoms with Crippen LogP contribution in [0.1, 0.15) is 21.5 Å². The molecule has 124 valence electrons. The van der Waals surface area contributed by atoms with Gasteiger partial charge in [0, 0.05) is 6.21 Å². The Kier molecular flexibility index (Phi) is 5.22. The van der Waals surface area contributed by atoms with Crippen molar-refractivity contribution in [1.82, 2.24) is 0 Å². The van der Waals surface area contributed by atoms with Gasteiger partial charge in [0.15, 0.2) is 0 Å². The second kappa shape index (κ2) is 7.93. The van der Waals surface area contributed by atoms with Crippen molar-refractivity contribution in [3.05, 3.63) is 95.6 Å². The van der Waals surface area contributed by atoms with Crippen LogP contribution in [0.4, 0.5) is 5.69 Å². The highest BCUT2D eigenvalue weighted by atomic mass is 16.5. The van der Waals surface area contributed by atoms with Crippen molar-refractivity contribution in [3.8, 4) is 5.75 Å². The Hall–Kier alpha value is -3.40. The summed E-state index contributed by atoms with van der Waals surface area (Å²) in [4.78, 5) is 15.2. The Morgan fingerprint density at radius 3 is 2.24 bits per heavy atom. The molecule has 0 unspecified atom stereocenters. The molecule has 1 N–H and O–H groups in total. The fourth-order valence-electron chi connectivity index (χ4n) is 2.23. The smallest absolute Gasteiger partial charge is 0.335 e. The largest absolute Gasteiger partial charge is 0.489 e. The SMILES string of the molecule is O=C(O)c1ccc(N=Cc2ccc(OCc3ccccc3)cc2)cc1. The number of benzene rings is 3. The van der Waals surface area contributed by atoms with Gasteiger partial charge in [0.05, 0.1) is 11.3 Å².